The molecule has 1 saturated carbocycles. The molecule has 0 radical (unpaired) electrons. The smallest absolute Gasteiger partial charge is 0.355 e. The second-order valence-electron chi connectivity index (χ2n) is 5.39. The average Bonchev–Trinajstić information content (AvgIpc) is 3.25. The van der Waals surface area contributed by atoms with Crippen molar-refractivity contribution in [3.8, 4) is 11.5 Å². The normalized spacial score (nSPS) is 13.7. The van der Waals surface area contributed by atoms with Crippen LogP contribution in [0.15, 0.2) is 18.2 Å². The predicted octanol–water partition coefficient (Wildman–Crippen LogP) is 1.62. The van der Waals surface area contributed by atoms with Crippen molar-refractivity contribution in [1.82, 2.24) is 10.3 Å². The van der Waals surface area contributed by atoms with Crippen molar-refractivity contribution < 1.29 is 23.8 Å². The Morgan fingerprint density at radius 2 is 2.00 bits per heavy atom. The maximum atomic E-state index is 12.1. The summed E-state index contributed by atoms with van der Waals surface area (Å²) in [7, 11) is 3.09. The first-order chi connectivity index (χ1) is 11.1. The van der Waals surface area contributed by atoms with Crippen molar-refractivity contribution >= 4 is 22.8 Å². The van der Waals surface area contributed by atoms with E-state index in [0.29, 0.717) is 17.0 Å². The molecule has 1 aliphatic carbocycles. The number of aromatic nitrogens is 1. The van der Waals surface area contributed by atoms with Crippen LogP contribution in [0.1, 0.15) is 23.3 Å². The first kappa shape index (κ1) is 15.2. The number of H-pyrrole nitrogens is 1. The van der Waals surface area contributed by atoms with E-state index in [4.69, 9.17) is 14.2 Å². The van der Waals surface area contributed by atoms with Gasteiger partial charge in [0.05, 0.1) is 19.7 Å². The van der Waals surface area contributed by atoms with Crippen LogP contribution in [-0.4, -0.2) is 43.7 Å². The molecule has 7 heteroatoms. The number of hydrogen-bond donors (Lipinski definition) is 2. The van der Waals surface area contributed by atoms with Gasteiger partial charge in [0.25, 0.3) is 5.91 Å². The van der Waals surface area contributed by atoms with E-state index in [-0.39, 0.29) is 24.2 Å². The summed E-state index contributed by atoms with van der Waals surface area (Å²) in [6.07, 6.45) is 1.98. The van der Waals surface area contributed by atoms with Crippen LogP contribution < -0.4 is 14.8 Å². The van der Waals surface area contributed by atoms with Gasteiger partial charge in [0, 0.05) is 17.5 Å². The first-order valence-electron chi connectivity index (χ1n) is 7.32. The lowest BCUT2D eigenvalue weighted by Gasteiger charge is -2.05. The summed E-state index contributed by atoms with van der Waals surface area (Å²) in [4.78, 5) is 26.6. The number of carbonyl (C=O) groups is 2. The van der Waals surface area contributed by atoms with Gasteiger partial charge in [-0.05, 0) is 25.0 Å². The lowest BCUT2D eigenvalue weighted by Crippen LogP contribution is -2.30. The molecule has 1 aliphatic rings. The monoisotopic (exact) mass is 318 g/mol. The molecule has 0 aliphatic heterocycles. The van der Waals surface area contributed by atoms with Crippen molar-refractivity contribution in [2.75, 3.05) is 20.8 Å². The summed E-state index contributed by atoms with van der Waals surface area (Å²) >= 11 is 0. The minimum Gasteiger partial charge on any atom is -0.497 e. The molecule has 122 valence electrons. The molecule has 0 unspecified atom stereocenters. The Hall–Kier alpha value is -2.70. The molecule has 2 aromatic rings. The third-order valence-corrected chi connectivity index (χ3v) is 3.62. The molecule has 1 heterocycles. The molecule has 0 bridgehead atoms. The number of benzene rings is 1. The fourth-order valence-electron chi connectivity index (χ4n) is 2.28. The highest BCUT2D eigenvalue weighted by molar-refractivity contribution is 5.98. The largest absolute Gasteiger partial charge is 0.497 e. The third-order valence-electron chi connectivity index (χ3n) is 3.62. The van der Waals surface area contributed by atoms with E-state index < -0.39 is 5.97 Å². The molecule has 1 fully saturated rings. The van der Waals surface area contributed by atoms with Crippen molar-refractivity contribution in [1.29, 1.82) is 0 Å². The average molecular weight is 318 g/mol. The Labute approximate surface area is 132 Å². The number of rotatable bonds is 6. The molecule has 3 rings (SSSR count). The molecule has 0 spiro atoms. The molecule has 1 aromatic heterocycles. The Morgan fingerprint density at radius 3 is 2.65 bits per heavy atom. The van der Waals surface area contributed by atoms with Crippen molar-refractivity contribution in [3.63, 3.8) is 0 Å². The van der Waals surface area contributed by atoms with Crippen molar-refractivity contribution in [3.05, 3.63) is 23.9 Å². The van der Waals surface area contributed by atoms with Gasteiger partial charge in [-0.15, -0.1) is 0 Å². The molecule has 0 saturated heterocycles. The van der Waals surface area contributed by atoms with Crippen LogP contribution in [0.5, 0.6) is 11.5 Å². The van der Waals surface area contributed by atoms with Gasteiger partial charge in [0.2, 0.25) is 0 Å². The topological polar surface area (TPSA) is 89.7 Å². The Morgan fingerprint density at radius 1 is 1.22 bits per heavy atom. The van der Waals surface area contributed by atoms with Crippen LogP contribution in [0, 0.1) is 0 Å². The van der Waals surface area contributed by atoms with Gasteiger partial charge in [0.1, 0.15) is 17.2 Å². The van der Waals surface area contributed by atoms with Crippen LogP contribution in [0.3, 0.4) is 0 Å². The third kappa shape index (κ3) is 3.39. The van der Waals surface area contributed by atoms with Gasteiger partial charge in [-0.3, -0.25) is 4.79 Å². The zero-order valence-corrected chi connectivity index (χ0v) is 13.0. The van der Waals surface area contributed by atoms with Crippen LogP contribution in [0.2, 0.25) is 0 Å². The maximum absolute atomic E-state index is 12.1. The SMILES string of the molecule is COc1cc(OC)c2[nH]c(C(=O)OCC(=O)NC3CC3)cc2c1. The molecule has 0 atom stereocenters. The minimum absolute atomic E-state index is 0.242. The van der Waals surface area contributed by atoms with E-state index in [1.54, 1.807) is 25.3 Å². The number of methoxy groups -OCH3 is 2. The van der Waals surface area contributed by atoms with E-state index in [9.17, 15) is 9.59 Å². The first-order valence-corrected chi connectivity index (χ1v) is 7.32. The van der Waals surface area contributed by atoms with Crippen LogP contribution >= 0.6 is 0 Å². The Kier molecular flexibility index (Phi) is 4.10. The second-order valence-corrected chi connectivity index (χ2v) is 5.39. The zero-order valence-electron chi connectivity index (χ0n) is 13.0. The minimum atomic E-state index is -0.590. The number of nitrogens with one attached hydrogen (secondary N) is 2. The predicted molar refractivity (Wildman–Crippen MR) is 82.8 cm³/mol. The van der Waals surface area contributed by atoms with Crippen molar-refractivity contribution in [2.24, 2.45) is 0 Å². The highest BCUT2D eigenvalue weighted by atomic mass is 16.5. The van der Waals surface area contributed by atoms with Gasteiger partial charge < -0.3 is 24.5 Å². The molecular weight excluding hydrogens is 300 g/mol. The van der Waals surface area contributed by atoms with E-state index in [1.807, 2.05) is 0 Å². The van der Waals surface area contributed by atoms with Gasteiger partial charge in [-0.2, -0.15) is 0 Å². The zero-order chi connectivity index (χ0) is 16.4. The number of aromatic amines is 1. The number of amides is 1. The lowest BCUT2D eigenvalue weighted by atomic mass is 10.2. The molecule has 7 nitrogen and oxygen atoms in total. The van der Waals surface area contributed by atoms with E-state index in [1.165, 1.54) is 7.11 Å². The number of hydrogen-bond acceptors (Lipinski definition) is 5. The summed E-state index contributed by atoms with van der Waals surface area (Å²) < 4.78 is 15.5. The van der Waals surface area contributed by atoms with E-state index in [0.717, 1.165) is 18.2 Å². The van der Waals surface area contributed by atoms with Crippen LogP contribution in [0.25, 0.3) is 10.9 Å². The van der Waals surface area contributed by atoms with Crippen molar-refractivity contribution in [2.45, 2.75) is 18.9 Å². The van der Waals surface area contributed by atoms with E-state index >= 15 is 0 Å². The van der Waals surface area contributed by atoms with Crippen LogP contribution in [-0.2, 0) is 9.53 Å². The Balaban J connectivity index is 1.73. The second kappa shape index (κ2) is 6.20. The standard InChI is InChI=1S/C16H18N2O5/c1-21-11-5-9-6-12(18-15(9)13(7-11)22-2)16(20)23-8-14(19)17-10-3-4-10/h5-7,10,18H,3-4,8H2,1-2H3,(H,17,19). The molecular formula is C16H18N2O5. The molecule has 23 heavy (non-hydrogen) atoms. The molecule has 1 amide bonds. The fraction of sp³-hybridized carbons (Fsp3) is 0.375. The number of esters is 1. The highest BCUT2D eigenvalue weighted by Crippen LogP contribution is 2.31. The van der Waals surface area contributed by atoms with Crippen LogP contribution in [0.4, 0.5) is 0 Å². The van der Waals surface area contributed by atoms with E-state index in [2.05, 4.69) is 10.3 Å². The highest BCUT2D eigenvalue weighted by Gasteiger charge is 2.24. The number of ether oxygens (including phenoxy) is 3. The summed E-state index contributed by atoms with van der Waals surface area (Å²) in [5.41, 5.74) is 0.924. The molecule has 1 aromatic carbocycles. The lowest BCUT2D eigenvalue weighted by molar-refractivity contribution is -0.124. The van der Waals surface area contributed by atoms with Gasteiger partial charge in [0.15, 0.2) is 6.61 Å². The van der Waals surface area contributed by atoms with Gasteiger partial charge in [-0.25, -0.2) is 4.79 Å². The number of fused-ring (bicyclic) bond motifs is 1. The van der Waals surface area contributed by atoms with Gasteiger partial charge in [-0.1, -0.05) is 0 Å². The summed E-state index contributed by atoms with van der Waals surface area (Å²) in [6.45, 7) is -0.287. The number of carbonyl (C=O) groups excluding carboxylic acids is 2. The quantitative estimate of drug-likeness (QED) is 0.790. The maximum Gasteiger partial charge on any atom is 0.355 e. The molecule has 2 N–H and O–H groups in total. The summed E-state index contributed by atoms with van der Waals surface area (Å²) in [5, 5.41) is 3.52. The van der Waals surface area contributed by atoms with Gasteiger partial charge >= 0.3 is 5.97 Å². The fourth-order valence-corrected chi connectivity index (χ4v) is 2.28. The summed E-state index contributed by atoms with van der Waals surface area (Å²) in [6, 6.07) is 5.38. The summed E-state index contributed by atoms with van der Waals surface area (Å²) in [5.74, 6) is 0.311. The Bertz CT molecular complexity index is 748.